The van der Waals surface area contributed by atoms with E-state index in [9.17, 15) is 0 Å². The third-order valence-corrected chi connectivity index (χ3v) is 4.37. The summed E-state index contributed by atoms with van der Waals surface area (Å²) in [5.74, 6) is 0.644. The van der Waals surface area contributed by atoms with Gasteiger partial charge in [0, 0.05) is 5.38 Å². The molecule has 0 fully saturated rings. The second-order valence-electron chi connectivity index (χ2n) is 6.73. The molecule has 0 aromatic heterocycles. The van der Waals surface area contributed by atoms with Crippen LogP contribution in [0.5, 0.6) is 0 Å². The average Bonchev–Trinajstić information content (AvgIpc) is 2.22. The van der Waals surface area contributed by atoms with E-state index < -0.39 is 0 Å². The predicted molar refractivity (Wildman–Crippen MR) is 82.5 cm³/mol. The van der Waals surface area contributed by atoms with Crippen molar-refractivity contribution in [2.45, 2.75) is 59.8 Å². The van der Waals surface area contributed by atoms with Crippen LogP contribution in [0.2, 0.25) is 0 Å². The number of alkyl halides is 1. The Kier molecular flexibility index (Phi) is 5.28. The summed E-state index contributed by atoms with van der Waals surface area (Å²) in [4.78, 5) is 0. The molecule has 2 unspecified atom stereocenters. The Morgan fingerprint density at radius 3 is 2.33 bits per heavy atom. The predicted octanol–water partition coefficient (Wildman–Crippen LogP) is 5.53. The molecule has 0 amide bonds. The Hall–Kier alpha value is -0.490. The number of hydrogen-bond donors (Lipinski definition) is 0. The van der Waals surface area contributed by atoms with Crippen LogP contribution in [-0.4, -0.2) is 5.38 Å². The largest absolute Gasteiger partial charge is 0.123 e. The lowest BCUT2D eigenvalue weighted by molar-refractivity contribution is 0.244. The van der Waals surface area contributed by atoms with E-state index in [1.54, 1.807) is 0 Å². The van der Waals surface area contributed by atoms with Crippen LogP contribution in [0, 0.1) is 25.2 Å². The normalized spacial score (nSPS) is 15.5. The lowest BCUT2D eigenvalue weighted by atomic mass is 9.79. The molecule has 1 heteroatoms. The molecule has 1 rings (SSSR count). The summed E-state index contributed by atoms with van der Waals surface area (Å²) in [7, 11) is 0. The minimum absolute atomic E-state index is 0.236. The van der Waals surface area contributed by atoms with Gasteiger partial charge in [-0.15, -0.1) is 11.6 Å². The Labute approximate surface area is 118 Å². The standard InChI is InChI=1S/C17H27Cl/c1-12-7-8-13(2)15(9-12)11-16(18)10-14(3)17(4,5)6/h7-9,14,16H,10-11H2,1-6H3. The zero-order chi connectivity index (χ0) is 13.9. The Bertz CT molecular complexity index is 387. The molecule has 0 aliphatic heterocycles. The molecule has 0 bridgehead atoms. The number of halogens is 1. The number of rotatable bonds is 4. The van der Waals surface area contributed by atoms with Gasteiger partial charge in [0.25, 0.3) is 0 Å². The first-order valence-corrected chi connectivity index (χ1v) is 7.34. The van der Waals surface area contributed by atoms with Gasteiger partial charge >= 0.3 is 0 Å². The molecular formula is C17H27Cl. The summed E-state index contributed by atoms with van der Waals surface area (Å²) >= 11 is 6.54. The second kappa shape index (κ2) is 6.10. The summed E-state index contributed by atoms with van der Waals surface area (Å²) in [5.41, 5.74) is 4.42. The highest BCUT2D eigenvalue weighted by Crippen LogP contribution is 2.31. The molecule has 1 aromatic rings. The minimum Gasteiger partial charge on any atom is -0.123 e. The summed E-state index contributed by atoms with van der Waals surface area (Å²) in [5, 5.41) is 0.236. The van der Waals surface area contributed by atoms with Crippen LogP contribution in [0.1, 0.15) is 50.8 Å². The van der Waals surface area contributed by atoms with Crippen LogP contribution < -0.4 is 0 Å². The summed E-state index contributed by atoms with van der Waals surface area (Å²) < 4.78 is 0. The summed E-state index contributed by atoms with van der Waals surface area (Å²) in [6.07, 6.45) is 2.06. The maximum atomic E-state index is 6.54. The Balaban J connectivity index is 2.65. The van der Waals surface area contributed by atoms with Gasteiger partial charge in [-0.3, -0.25) is 0 Å². The van der Waals surface area contributed by atoms with Gasteiger partial charge in [-0.1, -0.05) is 51.5 Å². The molecule has 0 heterocycles. The van der Waals surface area contributed by atoms with Gasteiger partial charge in [0.05, 0.1) is 0 Å². The molecule has 18 heavy (non-hydrogen) atoms. The smallest absolute Gasteiger partial charge is 0.0379 e. The fraction of sp³-hybridized carbons (Fsp3) is 0.647. The molecule has 2 atom stereocenters. The Morgan fingerprint density at radius 2 is 1.78 bits per heavy atom. The van der Waals surface area contributed by atoms with Crippen LogP contribution in [0.3, 0.4) is 0 Å². The lowest BCUT2D eigenvalue weighted by Gasteiger charge is -2.29. The van der Waals surface area contributed by atoms with Gasteiger partial charge in [-0.2, -0.15) is 0 Å². The quantitative estimate of drug-likeness (QED) is 0.629. The summed E-state index contributed by atoms with van der Waals surface area (Å²) in [6, 6.07) is 6.63. The van der Waals surface area contributed by atoms with Crippen molar-refractivity contribution in [3.05, 3.63) is 34.9 Å². The Morgan fingerprint density at radius 1 is 1.17 bits per heavy atom. The third-order valence-electron chi connectivity index (χ3n) is 4.03. The van der Waals surface area contributed by atoms with E-state index in [0.717, 1.165) is 12.8 Å². The minimum atomic E-state index is 0.236. The van der Waals surface area contributed by atoms with Crippen molar-refractivity contribution in [2.75, 3.05) is 0 Å². The van der Waals surface area contributed by atoms with E-state index in [-0.39, 0.29) is 5.38 Å². The van der Waals surface area contributed by atoms with E-state index in [2.05, 4.69) is 59.7 Å². The molecule has 0 nitrogen and oxygen atoms in total. The zero-order valence-electron chi connectivity index (χ0n) is 12.7. The van der Waals surface area contributed by atoms with Crippen LogP contribution in [-0.2, 0) is 6.42 Å². The van der Waals surface area contributed by atoms with E-state index in [1.165, 1.54) is 16.7 Å². The monoisotopic (exact) mass is 266 g/mol. The topological polar surface area (TPSA) is 0 Å². The molecule has 0 spiro atoms. The molecular weight excluding hydrogens is 240 g/mol. The van der Waals surface area contributed by atoms with Gasteiger partial charge in [0.1, 0.15) is 0 Å². The van der Waals surface area contributed by atoms with Crippen molar-refractivity contribution < 1.29 is 0 Å². The lowest BCUT2D eigenvalue weighted by Crippen LogP contribution is -2.21. The van der Waals surface area contributed by atoms with Crippen LogP contribution in [0.15, 0.2) is 18.2 Å². The second-order valence-corrected chi connectivity index (χ2v) is 7.35. The molecule has 0 saturated carbocycles. The zero-order valence-corrected chi connectivity index (χ0v) is 13.4. The van der Waals surface area contributed by atoms with Crippen molar-refractivity contribution >= 4 is 11.6 Å². The highest BCUT2D eigenvalue weighted by molar-refractivity contribution is 6.20. The van der Waals surface area contributed by atoms with Gasteiger partial charge in [0.2, 0.25) is 0 Å². The van der Waals surface area contributed by atoms with E-state index in [0.29, 0.717) is 11.3 Å². The van der Waals surface area contributed by atoms with E-state index >= 15 is 0 Å². The molecule has 0 radical (unpaired) electrons. The highest BCUT2D eigenvalue weighted by atomic mass is 35.5. The van der Waals surface area contributed by atoms with Crippen LogP contribution in [0.4, 0.5) is 0 Å². The molecule has 0 N–H and O–H groups in total. The fourth-order valence-corrected chi connectivity index (χ4v) is 2.51. The molecule has 1 aromatic carbocycles. The van der Waals surface area contributed by atoms with Crippen molar-refractivity contribution in [2.24, 2.45) is 11.3 Å². The van der Waals surface area contributed by atoms with Gasteiger partial charge in [-0.05, 0) is 49.1 Å². The van der Waals surface area contributed by atoms with Crippen molar-refractivity contribution in [1.29, 1.82) is 0 Å². The first-order chi connectivity index (χ1) is 8.20. The number of benzene rings is 1. The fourth-order valence-electron chi connectivity index (χ4n) is 2.08. The number of hydrogen-bond acceptors (Lipinski definition) is 0. The van der Waals surface area contributed by atoms with E-state index in [4.69, 9.17) is 11.6 Å². The van der Waals surface area contributed by atoms with Crippen LogP contribution in [0.25, 0.3) is 0 Å². The molecule has 0 saturated heterocycles. The number of aryl methyl sites for hydroxylation is 2. The van der Waals surface area contributed by atoms with Crippen molar-refractivity contribution in [3.63, 3.8) is 0 Å². The SMILES string of the molecule is Cc1ccc(C)c(CC(Cl)CC(C)C(C)(C)C)c1. The average molecular weight is 267 g/mol. The maximum Gasteiger partial charge on any atom is 0.0379 e. The van der Waals surface area contributed by atoms with E-state index in [1.807, 2.05) is 0 Å². The van der Waals surface area contributed by atoms with Crippen molar-refractivity contribution in [3.8, 4) is 0 Å². The van der Waals surface area contributed by atoms with Crippen LogP contribution >= 0.6 is 11.6 Å². The molecule has 0 aliphatic carbocycles. The first-order valence-electron chi connectivity index (χ1n) is 6.90. The molecule has 0 aliphatic rings. The van der Waals surface area contributed by atoms with Gasteiger partial charge < -0.3 is 0 Å². The third kappa shape index (κ3) is 4.65. The summed E-state index contributed by atoms with van der Waals surface area (Å²) in [6.45, 7) is 13.5. The van der Waals surface area contributed by atoms with Crippen molar-refractivity contribution in [1.82, 2.24) is 0 Å². The molecule has 102 valence electrons. The highest BCUT2D eigenvalue weighted by Gasteiger charge is 2.23. The van der Waals surface area contributed by atoms with Gasteiger partial charge in [0.15, 0.2) is 0 Å². The first kappa shape index (κ1) is 15.6. The maximum absolute atomic E-state index is 6.54. The van der Waals surface area contributed by atoms with Gasteiger partial charge in [-0.25, -0.2) is 0 Å².